The van der Waals surface area contributed by atoms with Crippen molar-refractivity contribution >= 4 is 34.6 Å². The van der Waals surface area contributed by atoms with Gasteiger partial charge in [0.25, 0.3) is 11.1 Å². The number of ether oxygens (including phenoxy) is 1. The van der Waals surface area contributed by atoms with Crippen molar-refractivity contribution in [2.45, 2.75) is 12.8 Å². The van der Waals surface area contributed by atoms with Gasteiger partial charge in [-0.15, -0.1) is 0 Å². The Kier molecular flexibility index (Phi) is 7.08. The Morgan fingerprint density at radius 3 is 2.57 bits per heavy atom. The second-order valence-electron chi connectivity index (χ2n) is 6.38. The SMILES string of the molecule is O=C(COC(=O)CCN1CCSC1=O)Nc1ccccc1Cc1ccccc1. The number of esters is 1. The number of carbonyl (C=O) groups is 3. The topological polar surface area (TPSA) is 75.7 Å². The summed E-state index contributed by atoms with van der Waals surface area (Å²) in [5.74, 6) is -0.127. The Balaban J connectivity index is 1.47. The third kappa shape index (κ3) is 5.85. The highest BCUT2D eigenvalue weighted by molar-refractivity contribution is 8.13. The zero-order valence-electron chi connectivity index (χ0n) is 15.4. The minimum Gasteiger partial charge on any atom is -0.456 e. The lowest BCUT2D eigenvalue weighted by Crippen LogP contribution is -2.28. The number of carbonyl (C=O) groups excluding carboxylic acids is 3. The van der Waals surface area contributed by atoms with Crippen LogP contribution in [-0.2, 0) is 20.7 Å². The minimum atomic E-state index is -0.488. The number of para-hydroxylation sites is 1. The number of nitrogens with zero attached hydrogens (tertiary/aromatic N) is 1. The van der Waals surface area contributed by atoms with Gasteiger partial charge in [0.1, 0.15) is 0 Å². The van der Waals surface area contributed by atoms with E-state index in [1.807, 2.05) is 54.6 Å². The monoisotopic (exact) mass is 398 g/mol. The average molecular weight is 398 g/mol. The van der Waals surface area contributed by atoms with Gasteiger partial charge in [-0.2, -0.15) is 0 Å². The van der Waals surface area contributed by atoms with Crippen LogP contribution in [0.5, 0.6) is 0 Å². The van der Waals surface area contributed by atoms with Crippen LogP contribution in [0.3, 0.4) is 0 Å². The number of thioether (sulfide) groups is 1. The highest BCUT2D eigenvalue weighted by atomic mass is 32.2. The van der Waals surface area contributed by atoms with Crippen molar-refractivity contribution in [2.24, 2.45) is 0 Å². The van der Waals surface area contributed by atoms with Gasteiger partial charge >= 0.3 is 5.97 Å². The first-order valence-electron chi connectivity index (χ1n) is 9.11. The Morgan fingerprint density at radius 2 is 1.82 bits per heavy atom. The summed E-state index contributed by atoms with van der Waals surface area (Å²) in [5, 5.41) is 2.79. The molecule has 1 heterocycles. The lowest BCUT2D eigenvalue weighted by Gasteiger charge is -2.14. The Morgan fingerprint density at radius 1 is 1.07 bits per heavy atom. The molecule has 1 N–H and O–H groups in total. The maximum atomic E-state index is 12.2. The summed E-state index contributed by atoms with van der Waals surface area (Å²) in [6, 6.07) is 17.5. The zero-order valence-corrected chi connectivity index (χ0v) is 16.2. The third-order valence-electron chi connectivity index (χ3n) is 4.32. The number of benzene rings is 2. The van der Waals surface area contributed by atoms with Gasteiger partial charge < -0.3 is 15.0 Å². The van der Waals surface area contributed by atoms with Crippen molar-refractivity contribution in [3.63, 3.8) is 0 Å². The predicted octanol–water partition coefficient (Wildman–Crippen LogP) is 3.32. The lowest BCUT2D eigenvalue weighted by atomic mass is 10.0. The van der Waals surface area contributed by atoms with Gasteiger partial charge in [-0.05, 0) is 23.6 Å². The second kappa shape index (κ2) is 9.94. The summed E-state index contributed by atoms with van der Waals surface area (Å²) in [4.78, 5) is 37.1. The molecule has 2 amide bonds. The minimum absolute atomic E-state index is 0.0134. The molecule has 1 saturated heterocycles. The molecule has 0 radical (unpaired) electrons. The number of anilines is 1. The van der Waals surface area contributed by atoms with E-state index in [4.69, 9.17) is 4.74 Å². The molecule has 7 heteroatoms. The predicted molar refractivity (Wildman–Crippen MR) is 109 cm³/mol. The Labute approximate surface area is 168 Å². The number of hydrogen-bond donors (Lipinski definition) is 1. The van der Waals surface area contributed by atoms with E-state index in [0.717, 1.165) is 16.9 Å². The van der Waals surface area contributed by atoms with E-state index in [9.17, 15) is 14.4 Å². The molecule has 0 aromatic heterocycles. The molecule has 3 rings (SSSR count). The van der Waals surface area contributed by atoms with Crippen LogP contribution in [0.15, 0.2) is 54.6 Å². The molecular weight excluding hydrogens is 376 g/mol. The molecule has 0 saturated carbocycles. The molecule has 1 aliphatic rings. The normalized spacial score (nSPS) is 13.4. The molecule has 0 atom stereocenters. The summed E-state index contributed by atoms with van der Waals surface area (Å²) >= 11 is 1.25. The summed E-state index contributed by atoms with van der Waals surface area (Å²) in [7, 11) is 0. The van der Waals surface area contributed by atoms with E-state index in [2.05, 4.69) is 5.32 Å². The zero-order chi connectivity index (χ0) is 19.8. The molecule has 146 valence electrons. The molecule has 28 heavy (non-hydrogen) atoms. The van der Waals surface area contributed by atoms with Crippen LogP contribution in [0.1, 0.15) is 17.5 Å². The Hall–Kier alpha value is -2.80. The van der Waals surface area contributed by atoms with Crippen molar-refractivity contribution in [1.29, 1.82) is 0 Å². The fraction of sp³-hybridized carbons (Fsp3) is 0.286. The summed E-state index contributed by atoms with van der Waals surface area (Å²) in [6.07, 6.45) is 0.781. The van der Waals surface area contributed by atoms with Gasteiger partial charge in [0.05, 0.1) is 6.42 Å². The summed E-state index contributed by atoms with van der Waals surface area (Å²) < 4.78 is 5.03. The molecule has 1 aliphatic heterocycles. The van der Waals surface area contributed by atoms with Gasteiger partial charge in [0, 0.05) is 24.5 Å². The number of hydrogen-bond acceptors (Lipinski definition) is 5. The van der Waals surface area contributed by atoms with E-state index < -0.39 is 5.97 Å². The molecule has 0 bridgehead atoms. The van der Waals surface area contributed by atoms with Gasteiger partial charge in [-0.25, -0.2) is 0 Å². The second-order valence-corrected chi connectivity index (χ2v) is 7.43. The number of rotatable bonds is 8. The van der Waals surface area contributed by atoms with Gasteiger partial charge in [0.2, 0.25) is 0 Å². The first-order valence-corrected chi connectivity index (χ1v) is 10.1. The van der Waals surface area contributed by atoms with Crippen LogP contribution in [0.2, 0.25) is 0 Å². The number of nitrogens with one attached hydrogen (secondary N) is 1. The van der Waals surface area contributed by atoms with Crippen molar-refractivity contribution < 1.29 is 19.1 Å². The van der Waals surface area contributed by atoms with Crippen LogP contribution in [0, 0.1) is 0 Å². The van der Waals surface area contributed by atoms with E-state index in [1.165, 1.54) is 11.8 Å². The Bertz CT molecular complexity index is 841. The van der Waals surface area contributed by atoms with Crippen LogP contribution < -0.4 is 5.32 Å². The van der Waals surface area contributed by atoms with E-state index >= 15 is 0 Å². The third-order valence-corrected chi connectivity index (χ3v) is 5.22. The first-order chi connectivity index (χ1) is 13.6. The fourth-order valence-electron chi connectivity index (χ4n) is 2.87. The quantitative estimate of drug-likeness (QED) is 0.691. The molecule has 6 nitrogen and oxygen atoms in total. The van der Waals surface area contributed by atoms with E-state index in [-0.39, 0.29) is 24.2 Å². The average Bonchev–Trinajstić information content (AvgIpc) is 3.12. The van der Waals surface area contributed by atoms with Crippen molar-refractivity contribution in [3.8, 4) is 0 Å². The summed E-state index contributed by atoms with van der Waals surface area (Å²) in [5.41, 5.74) is 2.83. The van der Waals surface area contributed by atoms with Crippen molar-refractivity contribution in [2.75, 3.05) is 30.8 Å². The smallest absolute Gasteiger partial charge is 0.308 e. The van der Waals surface area contributed by atoms with Gasteiger partial charge in [-0.3, -0.25) is 14.4 Å². The highest BCUT2D eigenvalue weighted by Gasteiger charge is 2.21. The van der Waals surface area contributed by atoms with E-state index in [0.29, 0.717) is 25.2 Å². The van der Waals surface area contributed by atoms with Crippen molar-refractivity contribution in [1.82, 2.24) is 4.90 Å². The number of amides is 2. The molecule has 0 aliphatic carbocycles. The van der Waals surface area contributed by atoms with Crippen molar-refractivity contribution in [3.05, 3.63) is 65.7 Å². The van der Waals surface area contributed by atoms with Crippen LogP contribution in [0.4, 0.5) is 10.5 Å². The van der Waals surface area contributed by atoms with Gasteiger partial charge in [-0.1, -0.05) is 60.3 Å². The van der Waals surface area contributed by atoms with Crippen LogP contribution in [0.25, 0.3) is 0 Å². The molecule has 0 spiro atoms. The van der Waals surface area contributed by atoms with Gasteiger partial charge in [0.15, 0.2) is 6.61 Å². The molecule has 2 aromatic rings. The highest BCUT2D eigenvalue weighted by Crippen LogP contribution is 2.19. The summed E-state index contributed by atoms with van der Waals surface area (Å²) in [6.45, 7) is 0.628. The fourth-order valence-corrected chi connectivity index (χ4v) is 3.72. The molecule has 1 fully saturated rings. The molecular formula is C21H22N2O4S. The van der Waals surface area contributed by atoms with Crippen LogP contribution >= 0.6 is 11.8 Å². The standard InChI is InChI=1S/C21H22N2O4S/c24-19(15-27-20(25)10-11-23-12-13-28-21(23)26)22-18-9-5-4-8-17(18)14-16-6-2-1-3-7-16/h1-9H,10-15H2,(H,22,24). The first kappa shape index (κ1) is 19.9. The largest absolute Gasteiger partial charge is 0.456 e. The maximum Gasteiger partial charge on any atom is 0.308 e. The van der Waals surface area contributed by atoms with Crippen LogP contribution in [-0.4, -0.2) is 47.5 Å². The van der Waals surface area contributed by atoms with E-state index in [1.54, 1.807) is 4.90 Å². The lowest BCUT2D eigenvalue weighted by molar-refractivity contribution is -0.147. The maximum absolute atomic E-state index is 12.2. The molecule has 2 aromatic carbocycles. The molecule has 0 unspecified atom stereocenters.